The number of aryl methyl sites for hydroxylation is 7. The van der Waals surface area contributed by atoms with Gasteiger partial charge in [-0.2, -0.15) is 0 Å². The lowest BCUT2D eigenvalue weighted by Crippen LogP contribution is -2.49. The first kappa shape index (κ1) is 88.4. The Morgan fingerprint density at radius 3 is 1.00 bits per heavy atom. The fourth-order valence-electron chi connectivity index (χ4n) is 17.9. The van der Waals surface area contributed by atoms with Gasteiger partial charge in [-0.05, 0) is 313 Å². The first-order valence-corrected chi connectivity index (χ1v) is 41.9. The van der Waals surface area contributed by atoms with E-state index >= 15 is 0 Å². The minimum absolute atomic E-state index is 0.0784. The van der Waals surface area contributed by atoms with Crippen molar-refractivity contribution in [2.24, 2.45) is 46.8 Å². The molecule has 0 heterocycles. The maximum atomic E-state index is 11.0. The number of hydrogen-bond acceptors (Lipinski definition) is 0. The van der Waals surface area contributed by atoms with E-state index in [1.165, 1.54) is 93.5 Å². The Kier molecular flexibility index (Phi) is 39.9. The summed E-state index contributed by atoms with van der Waals surface area (Å²) in [6.45, 7) is 77.0. The number of rotatable bonds is 15. The first-order chi connectivity index (χ1) is 50.7. The summed E-state index contributed by atoms with van der Waals surface area (Å²) in [5.74, 6) is 12.3. The third-order valence-corrected chi connectivity index (χ3v) is 21.4. The number of benzene rings is 7. The molecule has 105 heavy (non-hydrogen) atoms. The third kappa shape index (κ3) is 32.7. The molecule has 7 aromatic rings. The molecule has 0 spiro atoms. The van der Waals surface area contributed by atoms with E-state index in [4.69, 9.17) is 5.48 Å². The number of halogens is 1. The molecule has 0 amide bonds. The fourth-order valence-corrected chi connectivity index (χ4v) is 17.9. The summed E-state index contributed by atoms with van der Waals surface area (Å²) in [4.78, 5) is 0. The van der Waals surface area contributed by atoms with Gasteiger partial charge in [0.25, 0.3) is 0 Å². The normalized spacial score (nSPS) is 16.9. The van der Waals surface area contributed by atoms with Crippen molar-refractivity contribution in [3.05, 3.63) is 245 Å². The molecule has 1 heteroatoms. The number of alkyl halides is 1. The van der Waals surface area contributed by atoms with E-state index in [2.05, 4.69) is 317 Å². The highest BCUT2D eigenvalue weighted by Crippen LogP contribution is 2.60. The standard InChI is InChI=1S/C17H28.C15H24.C14H24.C13H20.C12H18.C11H16.C10H14.C9H12.C3H7F/c1-12(2)10-15-8-7-9-16(11-13(3)4)17(15)14(5)6;1-10(2)13-8-7-9-14(11(3)4)15(13)12(5)6;1-14(2,3)13-11-5-9-4-10(7-11)8-12(13)6-9;1-5-11-8-7-9-12(6-2)13(11)10(3)4;1-8(2)12-10(4)6-9(3)7-11(12)5;1-8(2)11-9(3)6-5-7-10(11)4;1-8(2)10-7-5-4-6-9(10)3;1-8(2)9-6-4-3-5-7-9;1-3(2)4/h7-9,12-14H,10-11H2,1-6H3;7-12H,1-6H3;9-13H,4-8H2,1-3H3;7-10H,5-6H2,1-4H3;6-8H,1-5H3;5-8H,1-4H3;4-8H,1-3H3;3-8H,1-2H3;3H,1-2H3/i;;;;;;4D,5D,6D,7D;;. The minimum atomic E-state index is -0.667. The van der Waals surface area contributed by atoms with Crippen LogP contribution in [-0.2, 0) is 25.7 Å². The summed E-state index contributed by atoms with van der Waals surface area (Å²) >= 11 is 0. The molecule has 0 atom stereocenters. The van der Waals surface area contributed by atoms with Crippen molar-refractivity contribution < 1.29 is 9.87 Å². The molecule has 11 rings (SSSR count). The second-order valence-corrected chi connectivity index (χ2v) is 36.5. The van der Waals surface area contributed by atoms with Gasteiger partial charge in [0.15, 0.2) is 0 Å². The van der Waals surface area contributed by atoms with Crippen LogP contribution in [0.1, 0.15) is 397 Å². The van der Waals surface area contributed by atoms with E-state index in [0.717, 1.165) is 59.8 Å². The number of hydrogen-bond donors (Lipinski definition) is 0. The van der Waals surface area contributed by atoms with Gasteiger partial charge in [0.05, 0.1) is 11.7 Å². The fraction of sp³-hybridized carbons (Fsp3) is 0.596. The predicted octanol–water partition coefficient (Wildman–Crippen LogP) is 32.8. The lowest BCUT2D eigenvalue weighted by Gasteiger charge is -2.58. The van der Waals surface area contributed by atoms with Crippen LogP contribution >= 0.6 is 0 Å². The maximum absolute atomic E-state index is 11.0. The Morgan fingerprint density at radius 2 is 0.686 bits per heavy atom. The van der Waals surface area contributed by atoms with Gasteiger partial charge >= 0.3 is 0 Å². The molecule has 0 saturated heterocycles. The van der Waals surface area contributed by atoms with Crippen LogP contribution in [0.2, 0.25) is 0 Å². The zero-order chi connectivity index (χ0) is 83.4. The van der Waals surface area contributed by atoms with Crippen LogP contribution in [0.15, 0.2) is 139 Å². The summed E-state index contributed by atoms with van der Waals surface area (Å²) in [5.41, 5.74) is 27.4. The van der Waals surface area contributed by atoms with Crippen LogP contribution in [0, 0.1) is 88.4 Å². The molecular formula is C104H163F. The molecule has 4 bridgehead atoms. The minimum Gasteiger partial charge on any atom is -0.248 e. The third-order valence-electron chi connectivity index (χ3n) is 21.4. The van der Waals surface area contributed by atoms with Crippen molar-refractivity contribution in [3.63, 3.8) is 0 Å². The largest absolute Gasteiger partial charge is 0.248 e. The van der Waals surface area contributed by atoms with E-state index < -0.39 is 6.17 Å². The smallest absolute Gasteiger partial charge is 0.0945 e. The average molecular weight is 1440 g/mol. The van der Waals surface area contributed by atoms with Gasteiger partial charge in [-0.25, -0.2) is 4.39 Å². The Bertz CT molecular complexity index is 3570. The molecule has 4 saturated carbocycles. The topological polar surface area (TPSA) is 0 Å². The van der Waals surface area contributed by atoms with Crippen LogP contribution < -0.4 is 0 Å². The predicted molar refractivity (Wildman–Crippen MR) is 472 cm³/mol. The first-order valence-electron chi connectivity index (χ1n) is 43.9. The average Bonchev–Trinajstić information content (AvgIpc) is 0.747. The quantitative estimate of drug-likeness (QED) is 0.0960. The molecule has 0 aromatic heterocycles. The van der Waals surface area contributed by atoms with E-state index in [1.54, 1.807) is 66.8 Å². The van der Waals surface area contributed by atoms with Crippen molar-refractivity contribution in [3.8, 4) is 0 Å². The summed E-state index contributed by atoms with van der Waals surface area (Å²) in [6, 6.07) is 41.8. The maximum Gasteiger partial charge on any atom is 0.0945 e. The Morgan fingerprint density at radius 1 is 0.352 bits per heavy atom. The molecule has 7 aromatic carbocycles. The van der Waals surface area contributed by atoms with Gasteiger partial charge in [0, 0.05) is 0 Å². The lowest BCUT2D eigenvalue weighted by atomic mass is 9.47. The Balaban J connectivity index is 0.000000422. The molecule has 0 aliphatic heterocycles. The molecule has 586 valence electrons. The van der Waals surface area contributed by atoms with Crippen LogP contribution in [0.3, 0.4) is 0 Å². The van der Waals surface area contributed by atoms with Crippen molar-refractivity contribution in [1.82, 2.24) is 0 Å². The molecule has 4 fully saturated rings. The molecule has 0 nitrogen and oxygen atoms in total. The van der Waals surface area contributed by atoms with Gasteiger partial charge in [-0.3, -0.25) is 0 Å². The van der Waals surface area contributed by atoms with E-state index in [1.807, 2.05) is 19.9 Å². The Labute approximate surface area is 657 Å². The van der Waals surface area contributed by atoms with Crippen molar-refractivity contribution in [2.75, 3.05) is 0 Å². The van der Waals surface area contributed by atoms with E-state index in [0.29, 0.717) is 58.3 Å². The molecular weight excluding hydrogens is 1270 g/mol. The molecule has 4 aliphatic rings. The van der Waals surface area contributed by atoms with Gasteiger partial charge in [-0.1, -0.05) is 332 Å². The van der Waals surface area contributed by atoms with Gasteiger partial charge < -0.3 is 0 Å². The van der Waals surface area contributed by atoms with Gasteiger partial charge in [0.1, 0.15) is 0 Å². The second kappa shape index (κ2) is 47.4. The Hall–Kier alpha value is -5.53. The van der Waals surface area contributed by atoms with Crippen LogP contribution in [0.25, 0.3) is 0 Å². The lowest BCUT2D eigenvalue weighted by molar-refractivity contribution is -0.0811. The monoisotopic (exact) mass is 1440 g/mol. The summed E-state index contributed by atoms with van der Waals surface area (Å²) < 4.78 is 41.3. The second-order valence-electron chi connectivity index (χ2n) is 36.5. The van der Waals surface area contributed by atoms with E-state index in [-0.39, 0.29) is 30.1 Å². The van der Waals surface area contributed by atoms with Crippen LogP contribution in [-0.4, -0.2) is 6.17 Å². The van der Waals surface area contributed by atoms with E-state index in [9.17, 15) is 4.39 Å². The van der Waals surface area contributed by atoms with Gasteiger partial charge in [-0.15, -0.1) is 0 Å². The highest BCUT2D eigenvalue weighted by Gasteiger charge is 2.51. The molecule has 0 radical (unpaired) electrons. The van der Waals surface area contributed by atoms with Crippen LogP contribution in [0.5, 0.6) is 0 Å². The summed E-state index contributed by atoms with van der Waals surface area (Å²) in [7, 11) is 0. The zero-order valence-electron chi connectivity index (χ0n) is 78.5. The molecule has 0 N–H and O–H groups in total. The highest BCUT2D eigenvalue weighted by atomic mass is 19.1. The highest BCUT2D eigenvalue weighted by molar-refractivity contribution is 5.43. The summed E-state index contributed by atoms with van der Waals surface area (Å²) in [5, 5.41) is 0. The zero-order valence-corrected chi connectivity index (χ0v) is 74.5. The molecule has 0 unspecified atom stereocenters. The van der Waals surface area contributed by atoms with Gasteiger partial charge in [0.2, 0.25) is 0 Å². The van der Waals surface area contributed by atoms with Crippen molar-refractivity contribution in [1.29, 1.82) is 0 Å². The SMILES string of the molecule is CC(C)(C)C1C2CC3CC(C2)CC1C3.CC(C)Cc1cccc(CC(C)C)c1C(C)C.CC(C)F.CC(C)c1cccc(C(C)C)c1C(C)C.CC(C)c1ccccc1.CCc1cccc(CC)c1C(C)C.Cc1cc(C)c(C(C)C)c(C)c1.Cc1cccc(C)c1C(C)C.[2H]c1c([2H])c([2H])c(C(C)C)c(C)c1[2H]. The van der Waals surface area contributed by atoms with Crippen LogP contribution in [0.4, 0.5) is 4.39 Å². The van der Waals surface area contributed by atoms with Crippen molar-refractivity contribution >= 4 is 0 Å². The summed E-state index contributed by atoms with van der Waals surface area (Å²) in [6.07, 6.45) is 12.0. The molecule has 4 aliphatic carbocycles. The van der Waals surface area contributed by atoms with Crippen molar-refractivity contribution in [2.45, 2.75) is 360 Å².